The first kappa shape index (κ1) is 17.0. The summed E-state index contributed by atoms with van der Waals surface area (Å²) >= 11 is 0. The minimum atomic E-state index is -0.519. The minimum absolute atomic E-state index is 0.0177. The Balaban J connectivity index is 2.39. The number of aromatic amines is 1. The first-order valence-electron chi connectivity index (χ1n) is 7.53. The molecule has 0 aliphatic rings. The Kier molecular flexibility index (Phi) is 4.75. The summed E-state index contributed by atoms with van der Waals surface area (Å²) in [6, 6.07) is 4.54. The molecule has 3 N–H and O–H groups in total. The van der Waals surface area contributed by atoms with Crippen molar-refractivity contribution >= 4 is 22.7 Å². The number of carbonyl (C=O) groups excluding carboxylic acids is 2. The summed E-state index contributed by atoms with van der Waals surface area (Å²) in [6.07, 6.45) is 0. The Morgan fingerprint density at radius 3 is 2.61 bits per heavy atom. The van der Waals surface area contributed by atoms with Crippen LogP contribution in [0.25, 0.3) is 10.9 Å². The van der Waals surface area contributed by atoms with E-state index < -0.39 is 5.97 Å². The first-order chi connectivity index (χ1) is 10.7. The molecule has 2 aromatic rings. The Bertz CT molecular complexity index is 741. The van der Waals surface area contributed by atoms with E-state index in [0.29, 0.717) is 16.5 Å². The van der Waals surface area contributed by atoms with Crippen LogP contribution in [0.2, 0.25) is 0 Å². The van der Waals surface area contributed by atoms with Gasteiger partial charge in [0.1, 0.15) is 11.4 Å². The monoisotopic (exact) mass is 318 g/mol. The van der Waals surface area contributed by atoms with Crippen LogP contribution in [0, 0.1) is 0 Å². The summed E-state index contributed by atoms with van der Waals surface area (Å²) in [7, 11) is 0. The van der Waals surface area contributed by atoms with E-state index in [1.165, 1.54) is 12.1 Å². The average Bonchev–Trinajstić information content (AvgIpc) is 2.91. The number of esters is 1. The lowest BCUT2D eigenvalue weighted by molar-refractivity contribution is 0.0520. The van der Waals surface area contributed by atoms with Crippen LogP contribution >= 0.6 is 0 Å². The molecular weight excluding hydrogens is 296 g/mol. The van der Waals surface area contributed by atoms with Gasteiger partial charge in [-0.25, -0.2) is 4.79 Å². The fraction of sp³-hybridized carbons (Fsp3) is 0.412. The van der Waals surface area contributed by atoms with Crippen molar-refractivity contribution < 1.29 is 19.4 Å². The SMILES string of the molecule is CCOC(=O)c1cc2c(C(=O)CNC(C)(C)C)ccc(O)c2[nH]1. The molecular formula is C17H22N2O4. The predicted molar refractivity (Wildman–Crippen MR) is 88.0 cm³/mol. The molecule has 1 heterocycles. The summed E-state index contributed by atoms with van der Waals surface area (Å²) < 4.78 is 4.94. The van der Waals surface area contributed by atoms with E-state index in [2.05, 4.69) is 10.3 Å². The highest BCUT2D eigenvalue weighted by Crippen LogP contribution is 2.28. The number of fused-ring (bicyclic) bond motifs is 1. The molecule has 6 nitrogen and oxygen atoms in total. The maximum absolute atomic E-state index is 12.4. The Morgan fingerprint density at radius 2 is 2.00 bits per heavy atom. The van der Waals surface area contributed by atoms with Crippen LogP contribution in [-0.4, -0.2) is 40.5 Å². The third-order valence-electron chi connectivity index (χ3n) is 3.35. The highest BCUT2D eigenvalue weighted by molar-refractivity contribution is 6.11. The molecule has 0 saturated heterocycles. The predicted octanol–water partition coefficient (Wildman–Crippen LogP) is 2.62. The lowest BCUT2D eigenvalue weighted by Crippen LogP contribution is -2.39. The highest BCUT2D eigenvalue weighted by atomic mass is 16.5. The number of aromatic nitrogens is 1. The van der Waals surface area contributed by atoms with Crippen molar-refractivity contribution in [3.63, 3.8) is 0 Å². The lowest BCUT2D eigenvalue weighted by atomic mass is 10.0. The maximum atomic E-state index is 12.4. The van der Waals surface area contributed by atoms with Crippen molar-refractivity contribution in [2.24, 2.45) is 0 Å². The third kappa shape index (κ3) is 3.90. The van der Waals surface area contributed by atoms with E-state index in [0.717, 1.165) is 0 Å². The molecule has 0 aliphatic carbocycles. The molecule has 0 spiro atoms. The van der Waals surface area contributed by atoms with Crippen molar-refractivity contribution in [2.45, 2.75) is 33.2 Å². The number of ether oxygens (including phenoxy) is 1. The maximum Gasteiger partial charge on any atom is 0.354 e. The topological polar surface area (TPSA) is 91.4 Å². The van der Waals surface area contributed by atoms with Gasteiger partial charge in [-0.15, -0.1) is 0 Å². The highest BCUT2D eigenvalue weighted by Gasteiger charge is 2.19. The zero-order chi connectivity index (χ0) is 17.2. The molecule has 0 atom stereocenters. The molecule has 1 aromatic heterocycles. The standard InChI is InChI=1S/C17H22N2O4/c1-5-23-16(22)12-8-11-10(6-7-13(20)15(11)19-12)14(21)9-18-17(2,3)4/h6-8,18-20H,5,9H2,1-4H3. The largest absolute Gasteiger partial charge is 0.506 e. The third-order valence-corrected chi connectivity index (χ3v) is 3.35. The van der Waals surface area contributed by atoms with E-state index in [1.54, 1.807) is 13.0 Å². The number of phenolic OH excluding ortho intramolecular Hbond substituents is 1. The van der Waals surface area contributed by atoms with Gasteiger partial charge < -0.3 is 20.1 Å². The van der Waals surface area contributed by atoms with Gasteiger partial charge in [-0.3, -0.25) is 4.79 Å². The van der Waals surface area contributed by atoms with Gasteiger partial charge in [0.25, 0.3) is 0 Å². The van der Waals surface area contributed by atoms with E-state index in [-0.39, 0.29) is 35.9 Å². The number of nitrogens with one attached hydrogen (secondary N) is 2. The minimum Gasteiger partial charge on any atom is -0.506 e. The number of carbonyl (C=O) groups is 2. The van der Waals surface area contributed by atoms with Crippen LogP contribution in [-0.2, 0) is 4.74 Å². The molecule has 0 amide bonds. The fourth-order valence-electron chi connectivity index (χ4n) is 2.21. The molecule has 0 radical (unpaired) electrons. The van der Waals surface area contributed by atoms with E-state index in [1.807, 2.05) is 20.8 Å². The summed E-state index contributed by atoms with van der Waals surface area (Å²) in [4.78, 5) is 27.1. The summed E-state index contributed by atoms with van der Waals surface area (Å²) in [6.45, 7) is 8.06. The van der Waals surface area contributed by atoms with Gasteiger partial charge in [0, 0.05) is 16.5 Å². The number of hydrogen-bond acceptors (Lipinski definition) is 5. The van der Waals surface area contributed by atoms with Gasteiger partial charge in [0.2, 0.25) is 0 Å². The van der Waals surface area contributed by atoms with Crippen molar-refractivity contribution in [1.82, 2.24) is 10.3 Å². The van der Waals surface area contributed by atoms with E-state index in [9.17, 15) is 14.7 Å². The summed E-state index contributed by atoms with van der Waals surface area (Å²) in [5.41, 5.74) is 0.831. The molecule has 2 rings (SSSR count). The number of rotatable bonds is 5. The number of aromatic hydroxyl groups is 1. The summed E-state index contributed by atoms with van der Waals surface area (Å²) in [5.74, 6) is -0.649. The first-order valence-corrected chi connectivity index (χ1v) is 7.53. The second-order valence-electron chi connectivity index (χ2n) is 6.35. The Morgan fingerprint density at radius 1 is 1.30 bits per heavy atom. The smallest absolute Gasteiger partial charge is 0.354 e. The van der Waals surface area contributed by atoms with E-state index >= 15 is 0 Å². The van der Waals surface area contributed by atoms with Crippen LogP contribution in [0.3, 0.4) is 0 Å². The van der Waals surface area contributed by atoms with E-state index in [4.69, 9.17) is 4.74 Å². The normalized spacial score (nSPS) is 11.7. The zero-order valence-corrected chi connectivity index (χ0v) is 13.8. The lowest BCUT2D eigenvalue weighted by Gasteiger charge is -2.20. The van der Waals surface area contributed by atoms with Gasteiger partial charge in [0.05, 0.1) is 18.7 Å². The molecule has 1 aromatic carbocycles. The van der Waals surface area contributed by atoms with Crippen LogP contribution in [0.1, 0.15) is 48.5 Å². The van der Waals surface area contributed by atoms with Gasteiger partial charge in [0.15, 0.2) is 5.78 Å². The van der Waals surface area contributed by atoms with Crippen LogP contribution in [0.4, 0.5) is 0 Å². The van der Waals surface area contributed by atoms with Crippen molar-refractivity contribution in [2.75, 3.05) is 13.2 Å². The zero-order valence-electron chi connectivity index (χ0n) is 13.8. The number of H-pyrrole nitrogens is 1. The molecule has 124 valence electrons. The number of ketones is 1. The molecule has 23 heavy (non-hydrogen) atoms. The average molecular weight is 318 g/mol. The van der Waals surface area contributed by atoms with Crippen molar-refractivity contribution in [1.29, 1.82) is 0 Å². The van der Waals surface area contributed by atoms with Gasteiger partial charge >= 0.3 is 5.97 Å². The quantitative estimate of drug-likeness (QED) is 0.582. The fourth-order valence-corrected chi connectivity index (χ4v) is 2.21. The molecule has 0 aliphatic heterocycles. The van der Waals surface area contributed by atoms with Gasteiger partial charge in [-0.1, -0.05) is 0 Å². The molecule has 0 unspecified atom stereocenters. The second-order valence-corrected chi connectivity index (χ2v) is 6.35. The van der Waals surface area contributed by atoms with Crippen LogP contribution in [0.15, 0.2) is 18.2 Å². The molecule has 0 saturated carbocycles. The molecule has 0 fully saturated rings. The van der Waals surface area contributed by atoms with Crippen molar-refractivity contribution in [3.05, 3.63) is 29.5 Å². The number of benzene rings is 1. The van der Waals surface area contributed by atoms with Gasteiger partial charge in [-0.05, 0) is 45.9 Å². The molecule has 0 bridgehead atoms. The van der Waals surface area contributed by atoms with Crippen LogP contribution in [0.5, 0.6) is 5.75 Å². The van der Waals surface area contributed by atoms with Gasteiger partial charge in [-0.2, -0.15) is 0 Å². The Labute approximate surface area is 134 Å². The van der Waals surface area contributed by atoms with Crippen LogP contribution < -0.4 is 5.32 Å². The number of hydrogen-bond donors (Lipinski definition) is 3. The number of Topliss-reactive ketones (excluding diaryl/α,β-unsaturated/α-hetero) is 1. The second kappa shape index (κ2) is 6.42. The van der Waals surface area contributed by atoms with Crippen molar-refractivity contribution in [3.8, 4) is 5.75 Å². The summed E-state index contributed by atoms with van der Waals surface area (Å²) in [5, 5.41) is 13.6. The number of phenols is 1. The Hall–Kier alpha value is -2.34. The molecule has 6 heteroatoms.